The van der Waals surface area contributed by atoms with Gasteiger partial charge in [0.05, 0.1) is 0 Å². The lowest BCUT2D eigenvalue weighted by Crippen LogP contribution is -2.14. The lowest BCUT2D eigenvalue weighted by Gasteiger charge is -2.03. The van der Waals surface area contributed by atoms with E-state index in [0.717, 1.165) is 24.4 Å². The number of carboxylic acids is 1. The maximum atomic E-state index is 10.7. The molecule has 0 fully saturated rings. The maximum Gasteiger partial charge on any atom is 0.345 e. The number of aromatic carboxylic acids is 1. The monoisotopic (exact) mass is 251 g/mol. The number of allylic oxidation sites excluding steroid dienone is 1. The van der Waals surface area contributed by atoms with Crippen LogP contribution < -0.4 is 5.32 Å². The highest BCUT2D eigenvalue weighted by Gasteiger charge is 2.07. The average Bonchev–Trinajstić information content (AvgIpc) is 2.96. The summed E-state index contributed by atoms with van der Waals surface area (Å²) in [6.07, 6.45) is 7.26. The van der Waals surface area contributed by atoms with Gasteiger partial charge < -0.3 is 10.4 Å². The van der Waals surface area contributed by atoms with Gasteiger partial charge in [-0.25, -0.2) is 4.79 Å². The number of hydrogen-bond acceptors (Lipinski definition) is 3. The highest BCUT2D eigenvalue weighted by Crippen LogP contribution is 2.20. The van der Waals surface area contributed by atoms with Crippen molar-refractivity contribution in [3.05, 3.63) is 33.5 Å². The molecule has 17 heavy (non-hydrogen) atoms. The molecule has 1 aromatic rings. The zero-order valence-electron chi connectivity index (χ0n) is 9.74. The number of hydrogen-bond donors (Lipinski definition) is 2. The molecule has 0 spiro atoms. The van der Waals surface area contributed by atoms with E-state index in [9.17, 15) is 4.79 Å². The molecular formula is C13H17NO2S. The van der Waals surface area contributed by atoms with Gasteiger partial charge in [0.2, 0.25) is 0 Å². The molecule has 2 N–H and O–H groups in total. The molecule has 2 rings (SSSR count). The van der Waals surface area contributed by atoms with Crippen LogP contribution in [0.3, 0.4) is 0 Å². The molecule has 92 valence electrons. The van der Waals surface area contributed by atoms with Gasteiger partial charge in [-0.15, -0.1) is 11.3 Å². The number of carboxylic acid groups (broad SMARTS) is 1. The third-order valence-electron chi connectivity index (χ3n) is 2.93. The zero-order valence-corrected chi connectivity index (χ0v) is 10.6. The molecule has 3 nitrogen and oxygen atoms in total. The maximum absolute atomic E-state index is 10.7. The zero-order chi connectivity index (χ0) is 12.1. The second-order valence-electron chi connectivity index (χ2n) is 4.25. The van der Waals surface area contributed by atoms with Crippen molar-refractivity contribution in [3.63, 3.8) is 0 Å². The summed E-state index contributed by atoms with van der Waals surface area (Å²) in [7, 11) is 0. The van der Waals surface area contributed by atoms with Crippen molar-refractivity contribution in [3.8, 4) is 0 Å². The van der Waals surface area contributed by atoms with Crippen molar-refractivity contribution < 1.29 is 9.90 Å². The first kappa shape index (κ1) is 12.3. The van der Waals surface area contributed by atoms with Gasteiger partial charge in [-0.1, -0.05) is 11.6 Å². The van der Waals surface area contributed by atoms with E-state index in [2.05, 4.69) is 11.4 Å². The summed E-state index contributed by atoms with van der Waals surface area (Å²) < 4.78 is 0. The molecule has 0 aromatic carbocycles. The van der Waals surface area contributed by atoms with Gasteiger partial charge in [0.15, 0.2) is 0 Å². The van der Waals surface area contributed by atoms with Crippen LogP contribution in [0.5, 0.6) is 0 Å². The third-order valence-corrected chi connectivity index (χ3v) is 4.00. The second-order valence-corrected chi connectivity index (χ2v) is 5.42. The number of nitrogens with one attached hydrogen (secondary N) is 1. The number of carbonyl (C=O) groups is 1. The van der Waals surface area contributed by atoms with Crippen molar-refractivity contribution in [2.24, 2.45) is 0 Å². The average molecular weight is 251 g/mol. The van der Waals surface area contributed by atoms with Crippen LogP contribution in [0.1, 0.15) is 40.2 Å². The molecule has 1 aromatic heterocycles. The van der Waals surface area contributed by atoms with Crippen molar-refractivity contribution in [2.45, 2.75) is 32.2 Å². The summed E-state index contributed by atoms with van der Waals surface area (Å²) in [6.45, 7) is 1.75. The summed E-state index contributed by atoms with van der Waals surface area (Å²) in [5.41, 5.74) is 1.56. The van der Waals surface area contributed by atoms with E-state index in [0.29, 0.717) is 4.88 Å². The van der Waals surface area contributed by atoms with E-state index in [4.69, 9.17) is 5.11 Å². The fourth-order valence-electron chi connectivity index (χ4n) is 2.01. The minimum Gasteiger partial charge on any atom is -0.477 e. The van der Waals surface area contributed by atoms with Gasteiger partial charge in [0, 0.05) is 11.4 Å². The van der Waals surface area contributed by atoms with Crippen molar-refractivity contribution >= 4 is 17.3 Å². The lowest BCUT2D eigenvalue weighted by atomic mass is 10.2. The van der Waals surface area contributed by atoms with Crippen LogP contribution in [-0.2, 0) is 6.54 Å². The van der Waals surface area contributed by atoms with Gasteiger partial charge >= 0.3 is 5.97 Å². The van der Waals surface area contributed by atoms with E-state index < -0.39 is 5.97 Å². The Morgan fingerprint density at radius 3 is 3.00 bits per heavy atom. The van der Waals surface area contributed by atoms with Gasteiger partial charge in [0.1, 0.15) is 4.88 Å². The van der Waals surface area contributed by atoms with Gasteiger partial charge in [-0.05, 0) is 44.4 Å². The summed E-state index contributed by atoms with van der Waals surface area (Å²) in [5, 5.41) is 12.2. The Labute approximate surface area is 105 Å². The Balaban J connectivity index is 1.68. The Hall–Kier alpha value is -1.13. The van der Waals surface area contributed by atoms with E-state index >= 15 is 0 Å². The van der Waals surface area contributed by atoms with Gasteiger partial charge in [-0.3, -0.25) is 0 Å². The molecule has 0 saturated carbocycles. The molecule has 0 saturated heterocycles. The molecule has 1 aliphatic carbocycles. The third kappa shape index (κ3) is 3.68. The van der Waals surface area contributed by atoms with Crippen LogP contribution in [0.4, 0.5) is 0 Å². The minimum atomic E-state index is -0.836. The van der Waals surface area contributed by atoms with Crippen molar-refractivity contribution in [2.75, 3.05) is 6.54 Å². The minimum absolute atomic E-state index is 0.417. The molecule has 0 amide bonds. The first-order chi connectivity index (χ1) is 8.25. The molecule has 0 bridgehead atoms. The molecule has 4 heteroatoms. The summed E-state index contributed by atoms with van der Waals surface area (Å²) in [4.78, 5) is 12.2. The fourth-order valence-corrected chi connectivity index (χ4v) is 2.83. The summed E-state index contributed by atoms with van der Waals surface area (Å²) in [5.74, 6) is -0.836. The second kappa shape index (κ2) is 5.98. The van der Waals surface area contributed by atoms with Crippen LogP contribution >= 0.6 is 11.3 Å². The van der Waals surface area contributed by atoms with Crippen LogP contribution in [0.2, 0.25) is 0 Å². The highest BCUT2D eigenvalue weighted by molar-refractivity contribution is 7.13. The van der Waals surface area contributed by atoms with Crippen molar-refractivity contribution in [1.29, 1.82) is 0 Å². The van der Waals surface area contributed by atoms with Crippen LogP contribution in [0, 0.1) is 0 Å². The first-order valence-electron chi connectivity index (χ1n) is 5.96. The molecular weight excluding hydrogens is 234 g/mol. The van der Waals surface area contributed by atoms with Crippen molar-refractivity contribution in [1.82, 2.24) is 5.32 Å². The van der Waals surface area contributed by atoms with Crippen LogP contribution in [-0.4, -0.2) is 17.6 Å². The van der Waals surface area contributed by atoms with E-state index in [1.807, 2.05) is 6.07 Å². The first-order valence-corrected chi connectivity index (χ1v) is 6.78. The molecule has 0 unspecified atom stereocenters. The fraction of sp³-hybridized carbons (Fsp3) is 0.462. The standard InChI is InChI=1S/C13H17NO2S/c15-13(16)12-6-5-11(17-12)9-14-8-7-10-3-1-2-4-10/h3,5-6,14H,1-2,4,7-9H2,(H,15,16). The molecule has 1 aliphatic rings. The predicted octanol–water partition coefficient (Wildman–Crippen LogP) is 3.04. The summed E-state index contributed by atoms with van der Waals surface area (Å²) in [6, 6.07) is 3.56. The smallest absolute Gasteiger partial charge is 0.345 e. The Bertz CT molecular complexity index is 423. The SMILES string of the molecule is O=C(O)c1ccc(CNCCC2=CCCC2)s1. The molecule has 0 radical (unpaired) electrons. The Morgan fingerprint density at radius 2 is 2.35 bits per heavy atom. The molecule has 0 atom stereocenters. The normalized spacial score (nSPS) is 14.9. The van der Waals surface area contributed by atoms with E-state index in [1.165, 1.54) is 30.6 Å². The van der Waals surface area contributed by atoms with Gasteiger partial charge in [0.25, 0.3) is 0 Å². The number of thiophene rings is 1. The van der Waals surface area contributed by atoms with Crippen LogP contribution in [0.25, 0.3) is 0 Å². The summed E-state index contributed by atoms with van der Waals surface area (Å²) >= 11 is 1.35. The highest BCUT2D eigenvalue weighted by atomic mass is 32.1. The number of rotatable bonds is 6. The Kier molecular flexibility index (Phi) is 4.34. The van der Waals surface area contributed by atoms with E-state index in [-0.39, 0.29) is 0 Å². The molecule has 1 heterocycles. The Morgan fingerprint density at radius 1 is 1.47 bits per heavy atom. The van der Waals surface area contributed by atoms with Crippen LogP contribution in [0.15, 0.2) is 23.8 Å². The topological polar surface area (TPSA) is 49.3 Å². The largest absolute Gasteiger partial charge is 0.477 e. The molecule has 0 aliphatic heterocycles. The van der Waals surface area contributed by atoms with E-state index in [1.54, 1.807) is 11.6 Å². The lowest BCUT2D eigenvalue weighted by molar-refractivity contribution is 0.0702. The predicted molar refractivity (Wildman–Crippen MR) is 69.5 cm³/mol. The quantitative estimate of drug-likeness (QED) is 0.603. The van der Waals surface area contributed by atoms with Gasteiger partial charge in [-0.2, -0.15) is 0 Å².